The topological polar surface area (TPSA) is 3.24 Å². The molecule has 0 spiro atoms. The summed E-state index contributed by atoms with van der Waals surface area (Å²) in [4.78, 5) is 2.26. The smallest absolute Gasteiger partial charge is 0.312 e. The lowest BCUT2D eigenvalue weighted by Gasteiger charge is -2.28. The first-order valence-electron chi connectivity index (χ1n) is 7.58. The number of rotatable bonds is 2. The second kappa shape index (κ2) is 5.57. The van der Waals surface area contributed by atoms with E-state index in [4.69, 9.17) is 0 Å². The summed E-state index contributed by atoms with van der Waals surface area (Å²) in [5.41, 5.74) is 5.05. The van der Waals surface area contributed by atoms with Crippen LogP contribution in [0.2, 0.25) is 0 Å². The summed E-state index contributed by atoms with van der Waals surface area (Å²) in [5, 5.41) is 0. The minimum Gasteiger partial charge on any atom is -0.389 e. The Kier molecular flexibility index (Phi) is 3.28. The van der Waals surface area contributed by atoms with Crippen molar-refractivity contribution >= 4 is 18.0 Å². The Morgan fingerprint density at radius 2 is 1.32 bits per heavy atom. The van der Waals surface area contributed by atoms with Crippen molar-refractivity contribution in [3.8, 4) is 0 Å². The third kappa shape index (κ3) is 2.44. The lowest BCUT2D eigenvalue weighted by Crippen LogP contribution is -2.32. The van der Waals surface area contributed by atoms with Crippen molar-refractivity contribution in [2.45, 2.75) is 0 Å². The van der Waals surface area contributed by atoms with E-state index in [9.17, 15) is 0 Å². The molecule has 0 N–H and O–H groups in total. The van der Waals surface area contributed by atoms with E-state index in [0.717, 1.165) is 0 Å². The summed E-state index contributed by atoms with van der Waals surface area (Å²) in [6, 6.07) is 21.0. The van der Waals surface area contributed by atoms with Gasteiger partial charge in [0, 0.05) is 0 Å². The van der Waals surface area contributed by atoms with Crippen LogP contribution in [0, 0.1) is 0 Å². The lowest BCUT2D eigenvalue weighted by molar-refractivity contribution is 0.795. The SMILES string of the molecule is C1=CC(c2ccccc2)=CN2C=CC(c3ccccc3)=CB12. The largest absolute Gasteiger partial charge is 0.389 e. The molecule has 0 atom stereocenters. The molecule has 0 saturated carbocycles. The number of nitrogens with zero attached hydrogens (tertiary/aromatic N) is 1. The molecule has 104 valence electrons. The van der Waals surface area contributed by atoms with Crippen LogP contribution in [0.4, 0.5) is 0 Å². The van der Waals surface area contributed by atoms with Gasteiger partial charge in [0.15, 0.2) is 0 Å². The quantitative estimate of drug-likeness (QED) is 0.728. The van der Waals surface area contributed by atoms with Gasteiger partial charge in [-0.15, -0.1) is 0 Å². The average molecular weight is 281 g/mol. The predicted molar refractivity (Wildman–Crippen MR) is 94.7 cm³/mol. The van der Waals surface area contributed by atoms with Crippen molar-refractivity contribution in [3.05, 3.63) is 108 Å². The summed E-state index contributed by atoms with van der Waals surface area (Å²) < 4.78 is 0. The van der Waals surface area contributed by atoms with Crippen LogP contribution in [-0.4, -0.2) is 11.7 Å². The van der Waals surface area contributed by atoms with E-state index >= 15 is 0 Å². The van der Waals surface area contributed by atoms with E-state index in [1.54, 1.807) is 0 Å². The van der Waals surface area contributed by atoms with Gasteiger partial charge in [-0.25, -0.2) is 0 Å². The second-order valence-corrected chi connectivity index (χ2v) is 5.55. The first-order valence-corrected chi connectivity index (χ1v) is 7.58. The minimum atomic E-state index is 0.299. The zero-order chi connectivity index (χ0) is 14.8. The van der Waals surface area contributed by atoms with E-state index in [0.29, 0.717) is 6.85 Å². The van der Waals surface area contributed by atoms with Crippen molar-refractivity contribution in [3.63, 3.8) is 0 Å². The van der Waals surface area contributed by atoms with Crippen molar-refractivity contribution in [1.82, 2.24) is 4.81 Å². The molecule has 0 unspecified atom stereocenters. The molecule has 0 radical (unpaired) electrons. The summed E-state index contributed by atoms with van der Waals surface area (Å²) in [7, 11) is 0. The number of allylic oxidation sites excluding steroid dienone is 4. The highest BCUT2D eigenvalue weighted by Gasteiger charge is 2.22. The van der Waals surface area contributed by atoms with Crippen LogP contribution < -0.4 is 0 Å². The molecule has 2 aromatic rings. The Morgan fingerprint density at radius 1 is 0.682 bits per heavy atom. The van der Waals surface area contributed by atoms with Gasteiger partial charge in [-0.1, -0.05) is 78.7 Å². The van der Waals surface area contributed by atoms with Gasteiger partial charge < -0.3 is 4.81 Å². The molecule has 2 aromatic carbocycles. The fourth-order valence-corrected chi connectivity index (χ4v) is 2.91. The average Bonchev–Trinajstić information content (AvgIpc) is 2.62. The van der Waals surface area contributed by atoms with Crippen LogP contribution in [-0.2, 0) is 0 Å². The first kappa shape index (κ1) is 13.0. The van der Waals surface area contributed by atoms with Crippen molar-refractivity contribution in [2.75, 3.05) is 0 Å². The fraction of sp³-hybridized carbons (Fsp3) is 0. The Balaban J connectivity index is 1.62. The first-order chi connectivity index (χ1) is 10.9. The predicted octanol–water partition coefficient (Wildman–Crippen LogP) is 4.58. The number of fused-ring (bicyclic) bond motifs is 1. The molecule has 2 aliphatic heterocycles. The van der Waals surface area contributed by atoms with E-state index in [-0.39, 0.29) is 0 Å². The van der Waals surface area contributed by atoms with Crippen LogP contribution in [0.15, 0.2) is 97.2 Å². The van der Waals surface area contributed by atoms with Gasteiger partial charge in [0.1, 0.15) is 0 Å². The fourth-order valence-electron chi connectivity index (χ4n) is 2.91. The highest BCUT2D eigenvalue weighted by Crippen LogP contribution is 2.27. The maximum absolute atomic E-state index is 2.31. The van der Waals surface area contributed by atoms with Gasteiger partial charge in [-0.3, -0.25) is 0 Å². The lowest BCUT2D eigenvalue weighted by atomic mass is 9.56. The summed E-state index contributed by atoms with van der Waals surface area (Å²) in [6.07, 6.45) is 8.78. The number of hydrogen-bond acceptors (Lipinski definition) is 1. The van der Waals surface area contributed by atoms with Gasteiger partial charge in [0.05, 0.1) is 0 Å². The molecule has 0 bridgehead atoms. The zero-order valence-corrected chi connectivity index (χ0v) is 12.3. The molecule has 4 rings (SSSR count). The standard InChI is InChI=1S/C20H16BN/c1-3-7-17(8-4-1)19-12-14-22-16-20(11-13-21(22)15-19)18-9-5-2-6-10-18/h1-16H. The van der Waals surface area contributed by atoms with Crippen molar-refractivity contribution < 1.29 is 0 Å². The third-order valence-corrected chi connectivity index (χ3v) is 4.10. The molecular formula is C20H16BN. The summed E-state index contributed by atoms with van der Waals surface area (Å²) in [5.74, 6) is 4.57. The van der Waals surface area contributed by atoms with Gasteiger partial charge in [0.25, 0.3) is 0 Å². The molecular weight excluding hydrogens is 265 g/mol. The molecule has 0 saturated heterocycles. The summed E-state index contributed by atoms with van der Waals surface area (Å²) >= 11 is 0. The molecule has 0 fully saturated rings. The maximum Gasteiger partial charge on any atom is 0.312 e. The van der Waals surface area contributed by atoms with Crippen LogP contribution >= 0.6 is 0 Å². The number of hydrogen-bond donors (Lipinski definition) is 0. The Bertz CT molecular complexity index is 715. The van der Waals surface area contributed by atoms with Crippen LogP contribution in [0.3, 0.4) is 0 Å². The van der Waals surface area contributed by atoms with E-state index in [1.807, 2.05) is 0 Å². The molecule has 0 amide bonds. The normalized spacial score (nSPS) is 16.2. The molecule has 0 aliphatic carbocycles. The molecule has 1 nitrogen and oxygen atoms in total. The van der Waals surface area contributed by atoms with Crippen molar-refractivity contribution in [1.29, 1.82) is 0 Å². The molecule has 2 heterocycles. The highest BCUT2D eigenvalue weighted by molar-refractivity contribution is 6.69. The Labute approximate surface area is 131 Å². The monoisotopic (exact) mass is 281 g/mol. The second-order valence-electron chi connectivity index (χ2n) is 5.55. The third-order valence-electron chi connectivity index (χ3n) is 4.10. The van der Waals surface area contributed by atoms with Gasteiger partial charge in [-0.2, -0.15) is 0 Å². The Morgan fingerprint density at radius 3 is 2.00 bits per heavy atom. The maximum atomic E-state index is 2.31. The van der Waals surface area contributed by atoms with Crippen LogP contribution in [0.5, 0.6) is 0 Å². The molecule has 2 aliphatic rings. The summed E-state index contributed by atoms with van der Waals surface area (Å²) in [6.45, 7) is 0.299. The molecule has 22 heavy (non-hydrogen) atoms. The molecule has 0 aromatic heterocycles. The zero-order valence-electron chi connectivity index (χ0n) is 12.3. The van der Waals surface area contributed by atoms with Gasteiger partial charge in [0.2, 0.25) is 0 Å². The van der Waals surface area contributed by atoms with Crippen LogP contribution in [0.25, 0.3) is 11.1 Å². The van der Waals surface area contributed by atoms with E-state index in [1.165, 1.54) is 22.3 Å². The van der Waals surface area contributed by atoms with E-state index < -0.39 is 0 Å². The highest BCUT2D eigenvalue weighted by atomic mass is 15.0. The van der Waals surface area contributed by atoms with Gasteiger partial charge in [-0.05, 0) is 40.7 Å². The minimum absolute atomic E-state index is 0.299. The van der Waals surface area contributed by atoms with Crippen molar-refractivity contribution in [2.24, 2.45) is 0 Å². The van der Waals surface area contributed by atoms with Gasteiger partial charge >= 0.3 is 6.85 Å². The van der Waals surface area contributed by atoms with E-state index in [2.05, 4.69) is 102 Å². The van der Waals surface area contributed by atoms with Crippen LogP contribution in [0.1, 0.15) is 11.1 Å². The Hall–Kier alpha value is -2.74. The number of benzene rings is 2. The molecule has 2 heteroatoms.